The van der Waals surface area contributed by atoms with Crippen molar-refractivity contribution in [2.24, 2.45) is 0 Å². The molecule has 0 aliphatic carbocycles. The normalized spacial score (nSPS) is 13.3. The third kappa shape index (κ3) is 7.22. The Bertz CT molecular complexity index is 1450. The van der Waals surface area contributed by atoms with E-state index in [-0.39, 0.29) is 11.6 Å². The summed E-state index contributed by atoms with van der Waals surface area (Å²) in [6.45, 7) is -0.863. The van der Waals surface area contributed by atoms with Gasteiger partial charge in [0.15, 0.2) is 0 Å². The minimum Gasteiger partial charge on any atom is -0.453 e. The molecule has 16 heteroatoms. The second-order valence-corrected chi connectivity index (χ2v) is 8.54. The molecule has 3 aromatic rings. The van der Waals surface area contributed by atoms with Crippen molar-refractivity contribution < 1.29 is 63.0 Å². The summed E-state index contributed by atoms with van der Waals surface area (Å²) in [4.78, 5) is 25.3. The zero-order valence-electron chi connectivity index (χ0n) is 21.0. The average molecular weight is 612 g/mol. The number of alkyl carbamates (subject to hydrolysis) is 1. The molecule has 0 aromatic heterocycles. The molecule has 0 saturated carbocycles. The van der Waals surface area contributed by atoms with E-state index in [4.69, 9.17) is 0 Å². The number of methoxy groups -OCH3 is 1. The van der Waals surface area contributed by atoms with Crippen LogP contribution in [0.15, 0.2) is 60.7 Å². The lowest BCUT2D eigenvalue weighted by Gasteiger charge is -2.36. The summed E-state index contributed by atoms with van der Waals surface area (Å²) in [6.07, 6.45) is -15.9. The van der Waals surface area contributed by atoms with Crippen LogP contribution in [0.1, 0.15) is 27.0 Å². The highest BCUT2D eigenvalue weighted by Crippen LogP contribution is 2.36. The quantitative estimate of drug-likeness (QED) is 0.275. The van der Waals surface area contributed by atoms with Crippen LogP contribution < -0.4 is 15.4 Å². The lowest BCUT2D eigenvalue weighted by molar-refractivity contribution is -0.253. The predicted octanol–water partition coefficient (Wildman–Crippen LogP) is 6.39. The molecule has 0 fully saturated rings. The van der Waals surface area contributed by atoms with Gasteiger partial charge in [-0.25, -0.2) is 18.0 Å². The summed E-state index contributed by atoms with van der Waals surface area (Å²) in [6, 6.07) is 6.24. The number of amides is 2. The van der Waals surface area contributed by atoms with Gasteiger partial charge in [0.25, 0.3) is 5.91 Å². The van der Waals surface area contributed by atoms with Crippen molar-refractivity contribution in [1.29, 1.82) is 0 Å². The van der Waals surface area contributed by atoms with E-state index in [1.165, 1.54) is 0 Å². The third-order valence-electron chi connectivity index (χ3n) is 5.75. The third-order valence-corrected chi connectivity index (χ3v) is 5.75. The highest BCUT2D eigenvalue weighted by Gasteiger charge is 2.45. The Morgan fingerprint density at radius 2 is 1.48 bits per heavy atom. The van der Waals surface area contributed by atoms with Gasteiger partial charge in [0.05, 0.1) is 19.2 Å². The van der Waals surface area contributed by atoms with E-state index >= 15 is 0 Å². The van der Waals surface area contributed by atoms with Crippen LogP contribution in [-0.2, 0) is 16.5 Å². The molecule has 0 saturated heterocycles. The van der Waals surface area contributed by atoms with Gasteiger partial charge in [-0.3, -0.25) is 4.79 Å². The van der Waals surface area contributed by atoms with Crippen LogP contribution in [0.5, 0.6) is 5.75 Å². The molecule has 6 nitrogen and oxygen atoms in total. The molecule has 2 N–H and O–H groups in total. The van der Waals surface area contributed by atoms with Crippen LogP contribution in [0.25, 0.3) is 0 Å². The van der Waals surface area contributed by atoms with Gasteiger partial charge in [-0.2, -0.15) is 30.7 Å². The second kappa shape index (κ2) is 12.2. The first-order valence-electron chi connectivity index (χ1n) is 11.4. The molecule has 0 bridgehead atoms. The number of hydrogen-bond donors (Lipinski definition) is 2. The molecule has 42 heavy (non-hydrogen) atoms. The van der Waals surface area contributed by atoms with Gasteiger partial charge in [0.1, 0.15) is 28.7 Å². The number of hydrogen-bond acceptors (Lipinski definition) is 4. The first-order valence-corrected chi connectivity index (χ1v) is 11.4. The van der Waals surface area contributed by atoms with E-state index in [1.54, 1.807) is 0 Å². The van der Waals surface area contributed by atoms with E-state index in [1.807, 2.05) is 0 Å². The number of nitrogens with one attached hydrogen (secondary N) is 2. The Hall–Kier alpha value is -4.50. The zero-order valence-corrected chi connectivity index (χ0v) is 21.0. The van der Waals surface area contributed by atoms with Gasteiger partial charge >= 0.3 is 24.8 Å². The molecule has 0 radical (unpaired) electrons. The summed E-state index contributed by atoms with van der Waals surface area (Å²) in [7, 11) is 0.922. The number of ether oxygens (including phenoxy) is 2. The van der Waals surface area contributed by atoms with Gasteiger partial charge in [0, 0.05) is 11.6 Å². The number of alkyl halides is 7. The molecule has 0 aliphatic heterocycles. The lowest BCUT2D eigenvalue weighted by atomic mass is 9.81. The van der Waals surface area contributed by atoms with Crippen LogP contribution in [-0.4, -0.2) is 38.2 Å². The van der Waals surface area contributed by atoms with Crippen molar-refractivity contribution in [1.82, 2.24) is 10.6 Å². The molecule has 0 spiro atoms. The summed E-state index contributed by atoms with van der Waals surface area (Å²) >= 11 is 0. The molecule has 226 valence electrons. The van der Waals surface area contributed by atoms with Crippen molar-refractivity contribution in [2.45, 2.75) is 24.2 Å². The molecule has 0 aliphatic rings. The van der Waals surface area contributed by atoms with Gasteiger partial charge < -0.3 is 20.1 Å². The van der Waals surface area contributed by atoms with Crippen molar-refractivity contribution in [2.75, 3.05) is 13.7 Å². The Morgan fingerprint density at radius 1 is 0.833 bits per heavy atom. The molecule has 3 aromatic carbocycles. The first-order chi connectivity index (χ1) is 19.5. The minimum absolute atomic E-state index is 0.150. The van der Waals surface area contributed by atoms with Crippen LogP contribution >= 0.6 is 0 Å². The van der Waals surface area contributed by atoms with Crippen LogP contribution in [0, 0.1) is 17.5 Å². The maximum absolute atomic E-state index is 14.7. The fourth-order valence-corrected chi connectivity index (χ4v) is 3.79. The lowest BCUT2D eigenvalue weighted by Crippen LogP contribution is -2.54. The highest BCUT2D eigenvalue weighted by molar-refractivity contribution is 5.95. The Balaban J connectivity index is 2.26. The second-order valence-electron chi connectivity index (χ2n) is 8.54. The molecule has 1 atom stereocenters. The van der Waals surface area contributed by atoms with Crippen molar-refractivity contribution in [3.8, 4) is 5.75 Å². The fourth-order valence-electron chi connectivity index (χ4n) is 3.79. The first kappa shape index (κ1) is 32.0. The predicted molar refractivity (Wildman–Crippen MR) is 124 cm³/mol. The van der Waals surface area contributed by atoms with Gasteiger partial charge in [-0.15, -0.1) is 0 Å². The van der Waals surface area contributed by atoms with Crippen molar-refractivity contribution in [3.63, 3.8) is 0 Å². The number of halogens is 10. The molecule has 0 heterocycles. The standard InChI is InChI=1S/C26H18F10N2O4/c1-41-23(40)37-12-24(14-3-5-16(27)6-4-14,15-9-17(28)11-18(10-15)42-26(35,36)22(30)31)38-21(39)13-2-7-20(29)19(8-13)25(32,33)34/h2-11,22H,12H2,1H3,(H,37,40)(H,38,39)/t24-/m1/s1. The average Bonchev–Trinajstić information content (AvgIpc) is 2.90. The molecule has 2 amide bonds. The van der Waals surface area contributed by atoms with Gasteiger partial charge in [-0.05, 0) is 53.6 Å². The van der Waals surface area contributed by atoms with E-state index < -0.39 is 82.7 Å². The smallest absolute Gasteiger partial charge is 0.453 e. The Labute approximate surface area is 230 Å². The number of carbonyl (C=O) groups is 2. The highest BCUT2D eigenvalue weighted by atomic mass is 19.4. The van der Waals surface area contributed by atoms with Crippen molar-refractivity contribution in [3.05, 3.63) is 100 Å². The fraction of sp³-hybridized carbons (Fsp3) is 0.231. The van der Waals surface area contributed by atoms with Crippen molar-refractivity contribution >= 4 is 12.0 Å². The summed E-state index contributed by atoms with van der Waals surface area (Å²) < 4.78 is 143. The SMILES string of the molecule is COC(=O)NC[C@@](NC(=O)c1ccc(F)c(C(F)(F)F)c1)(c1ccc(F)cc1)c1cc(F)cc(OC(F)(F)C(F)F)c1. The topological polar surface area (TPSA) is 76.7 Å². The Morgan fingerprint density at radius 3 is 2.05 bits per heavy atom. The maximum atomic E-state index is 14.7. The molecule has 0 unspecified atom stereocenters. The Kier molecular flexibility index (Phi) is 9.27. The molecule has 3 rings (SSSR count). The summed E-state index contributed by atoms with van der Waals surface area (Å²) in [5.74, 6) is -6.53. The molecular weight excluding hydrogens is 594 g/mol. The summed E-state index contributed by atoms with van der Waals surface area (Å²) in [5.41, 5.74) is -5.79. The monoisotopic (exact) mass is 612 g/mol. The van der Waals surface area contributed by atoms with Crippen LogP contribution in [0.4, 0.5) is 48.7 Å². The van der Waals surface area contributed by atoms with E-state index in [0.717, 1.165) is 31.4 Å². The van der Waals surface area contributed by atoms with Gasteiger partial charge in [-0.1, -0.05) is 12.1 Å². The van der Waals surface area contributed by atoms with E-state index in [0.29, 0.717) is 30.3 Å². The van der Waals surface area contributed by atoms with Crippen LogP contribution in [0.2, 0.25) is 0 Å². The zero-order chi connectivity index (χ0) is 31.5. The van der Waals surface area contributed by atoms with E-state index in [2.05, 4.69) is 20.1 Å². The van der Waals surface area contributed by atoms with Gasteiger partial charge in [0.2, 0.25) is 0 Å². The van der Waals surface area contributed by atoms with Crippen LogP contribution in [0.3, 0.4) is 0 Å². The number of benzene rings is 3. The minimum atomic E-state index is -5.23. The number of rotatable bonds is 9. The number of carbonyl (C=O) groups excluding carboxylic acids is 2. The molecular formula is C26H18F10N2O4. The summed E-state index contributed by atoms with van der Waals surface area (Å²) in [5, 5.41) is 4.39. The largest absolute Gasteiger partial charge is 0.461 e. The van der Waals surface area contributed by atoms with E-state index in [9.17, 15) is 53.5 Å². The maximum Gasteiger partial charge on any atom is 0.461 e.